The fraction of sp³-hybridized carbons (Fsp3) is 0.538. The molecule has 1 fully saturated rings. The number of hydrogen-bond donors (Lipinski definition) is 1. The molecular weight excluding hydrogens is 241 g/mol. The van der Waals surface area contributed by atoms with E-state index in [-0.39, 0.29) is 5.82 Å². The minimum Gasteiger partial charge on any atom is -0.381 e. The van der Waals surface area contributed by atoms with Gasteiger partial charge in [-0.2, -0.15) is 0 Å². The van der Waals surface area contributed by atoms with Gasteiger partial charge in [0.25, 0.3) is 0 Å². The van der Waals surface area contributed by atoms with Crippen molar-refractivity contribution < 1.29 is 9.13 Å². The van der Waals surface area contributed by atoms with Crippen LogP contribution in [-0.2, 0) is 11.3 Å². The van der Waals surface area contributed by atoms with Crippen LogP contribution in [0.4, 0.5) is 4.39 Å². The van der Waals surface area contributed by atoms with E-state index in [0.717, 1.165) is 26.2 Å². The molecule has 1 unspecified atom stereocenters. The van der Waals surface area contributed by atoms with Gasteiger partial charge in [-0.05, 0) is 30.9 Å². The fourth-order valence-corrected chi connectivity index (χ4v) is 2.30. The maximum atomic E-state index is 13.5. The van der Waals surface area contributed by atoms with Crippen LogP contribution < -0.4 is 5.32 Å². The average Bonchev–Trinajstić information content (AvgIpc) is 2.34. The topological polar surface area (TPSA) is 21.3 Å². The molecular formula is C13H17ClFNO. The van der Waals surface area contributed by atoms with Crippen LogP contribution in [0.5, 0.6) is 0 Å². The lowest BCUT2D eigenvalue weighted by Crippen LogP contribution is -2.29. The summed E-state index contributed by atoms with van der Waals surface area (Å²) in [5.41, 5.74) is 0.547. The Morgan fingerprint density at radius 3 is 3.06 bits per heavy atom. The lowest BCUT2D eigenvalue weighted by Gasteiger charge is -2.22. The van der Waals surface area contributed by atoms with Gasteiger partial charge in [-0.25, -0.2) is 4.39 Å². The standard InChI is InChI=1S/C13H17ClFNO/c14-12-4-1-5-13(15)11(12)8-16-7-10-3-2-6-17-9-10/h1,4-5,10,16H,2-3,6-9H2. The number of rotatable bonds is 4. The predicted octanol–water partition coefficient (Wildman–Crippen LogP) is 3.00. The third-order valence-electron chi connectivity index (χ3n) is 3.05. The minimum absolute atomic E-state index is 0.245. The number of ether oxygens (including phenoxy) is 1. The quantitative estimate of drug-likeness (QED) is 0.895. The first kappa shape index (κ1) is 12.8. The molecule has 1 aliphatic heterocycles. The van der Waals surface area contributed by atoms with E-state index in [2.05, 4.69) is 5.32 Å². The maximum Gasteiger partial charge on any atom is 0.129 e. The smallest absolute Gasteiger partial charge is 0.129 e. The Balaban J connectivity index is 1.81. The van der Waals surface area contributed by atoms with Gasteiger partial charge in [0, 0.05) is 30.3 Å². The highest BCUT2D eigenvalue weighted by Gasteiger charge is 2.14. The van der Waals surface area contributed by atoms with Gasteiger partial charge in [0.05, 0.1) is 6.61 Å². The number of hydrogen-bond acceptors (Lipinski definition) is 2. The lowest BCUT2D eigenvalue weighted by molar-refractivity contribution is 0.0547. The first-order valence-corrected chi connectivity index (χ1v) is 6.36. The van der Waals surface area contributed by atoms with E-state index in [1.54, 1.807) is 12.1 Å². The van der Waals surface area contributed by atoms with Gasteiger partial charge >= 0.3 is 0 Å². The molecule has 1 N–H and O–H groups in total. The van der Waals surface area contributed by atoms with Crippen molar-refractivity contribution in [2.45, 2.75) is 19.4 Å². The second kappa shape index (κ2) is 6.34. The summed E-state index contributed by atoms with van der Waals surface area (Å²) in [5, 5.41) is 3.73. The molecule has 1 heterocycles. The average molecular weight is 258 g/mol. The largest absolute Gasteiger partial charge is 0.381 e. The van der Waals surface area contributed by atoms with Gasteiger partial charge in [0.1, 0.15) is 5.82 Å². The van der Waals surface area contributed by atoms with E-state index in [1.165, 1.54) is 12.5 Å². The van der Waals surface area contributed by atoms with Crippen LogP contribution >= 0.6 is 11.6 Å². The number of nitrogens with one attached hydrogen (secondary N) is 1. The Morgan fingerprint density at radius 1 is 1.47 bits per heavy atom. The van der Waals surface area contributed by atoms with Crippen LogP contribution in [0.1, 0.15) is 18.4 Å². The third-order valence-corrected chi connectivity index (χ3v) is 3.41. The van der Waals surface area contributed by atoms with Gasteiger partial charge in [-0.3, -0.25) is 0 Å². The Labute approximate surface area is 106 Å². The first-order valence-electron chi connectivity index (χ1n) is 5.98. The lowest BCUT2D eigenvalue weighted by atomic mass is 10.0. The molecule has 0 radical (unpaired) electrons. The molecule has 0 saturated carbocycles. The van der Waals surface area contributed by atoms with E-state index in [0.29, 0.717) is 23.0 Å². The fourth-order valence-electron chi connectivity index (χ4n) is 2.07. The highest BCUT2D eigenvalue weighted by atomic mass is 35.5. The molecule has 2 nitrogen and oxygen atoms in total. The van der Waals surface area contributed by atoms with Crippen LogP contribution in [0.15, 0.2) is 18.2 Å². The van der Waals surface area contributed by atoms with E-state index in [9.17, 15) is 4.39 Å². The Kier molecular flexibility index (Phi) is 4.77. The van der Waals surface area contributed by atoms with Gasteiger partial charge in [0.15, 0.2) is 0 Å². The van der Waals surface area contributed by atoms with Crippen molar-refractivity contribution in [2.24, 2.45) is 5.92 Å². The second-order valence-corrected chi connectivity index (χ2v) is 4.82. The van der Waals surface area contributed by atoms with E-state index >= 15 is 0 Å². The van der Waals surface area contributed by atoms with Crippen molar-refractivity contribution in [1.29, 1.82) is 0 Å². The molecule has 1 aromatic rings. The van der Waals surface area contributed by atoms with Crippen molar-refractivity contribution in [3.05, 3.63) is 34.6 Å². The van der Waals surface area contributed by atoms with Crippen molar-refractivity contribution in [2.75, 3.05) is 19.8 Å². The van der Waals surface area contributed by atoms with Gasteiger partial charge in [0.2, 0.25) is 0 Å². The zero-order valence-corrected chi connectivity index (χ0v) is 10.5. The minimum atomic E-state index is -0.245. The Hall–Kier alpha value is -0.640. The first-order chi connectivity index (χ1) is 8.27. The summed E-state index contributed by atoms with van der Waals surface area (Å²) in [6.07, 6.45) is 2.30. The van der Waals surface area contributed by atoms with Crippen molar-refractivity contribution in [3.63, 3.8) is 0 Å². The van der Waals surface area contributed by atoms with E-state index in [4.69, 9.17) is 16.3 Å². The van der Waals surface area contributed by atoms with Gasteiger partial charge < -0.3 is 10.1 Å². The molecule has 0 spiro atoms. The van der Waals surface area contributed by atoms with Crippen molar-refractivity contribution >= 4 is 11.6 Å². The summed E-state index contributed by atoms with van der Waals surface area (Å²) in [4.78, 5) is 0. The van der Waals surface area contributed by atoms with Crippen LogP contribution in [0.3, 0.4) is 0 Å². The molecule has 0 aromatic heterocycles. The van der Waals surface area contributed by atoms with Crippen LogP contribution in [-0.4, -0.2) is 19.8 Å². The molecule has 94 valence electrons. The third kappa shape index (κ3) is 3.66. The Bertz CT molecular complexity index is 346. The SMILES string of the molecule is Fc1cccc(Cl)c1CNCC1CCCOC1. The summed E-state index contributed by atoms with van der Waals surface area (Å²) in [6, 6.07) is 4.77. The van der Waals surface area contributed by atoms with Crippen molar-refractivity contribution in [1.82, 2.24) is 5.32 Å². The second-order valence-electron chi connectivity index (χ2n) is 4.41. The molecule has 0 amide bonds. The predicted molar refractivity (Wildman–Crippen MR) is 66.7 cm³/mol. The summed E-state index contributed by atoms with van der Waals surface area (Å²) < 4.78 is 18.9. The molecule has 1 aromatic carbocycles. The summed E-state index contributed by atoms with van der Waals surface area (Å²) in [7, 11) is 0. The van der Waals surface area contributed by atoms with E-state index in [1.807, 2.05) is 0 Å². The van der Waals surface area contributed by atoms with Crippen LogP contribution in [0, 0.1) is 11.7 Å². The van der Waals surface area contributed by atoms with E-state index < -0.39 is 0 Å². The van der Waals surface area contributed by atoms with Crippen molar-refractivity contribution in [3.8, 4) is 0 Å². The van der Waals surface area contributed by atoms with Crippen LogP contribution in [0.25, 0.3) is 0 Å². The number of halogens is 2. The Morgan fingerprint density at radius 2 is 2.35 bits per heavy atom. The molecule has 1 saturated heterocycles. The van der Waals surface area contributed by atoms with Gasteiger partial charge in [-0.15, -0.1) is 0 Å². The normalized spacial score (nSPS) is 20.5. The zero-order valence-electron chi connectivity index (χ0n) is 9.72. The molecule has 1 atom stereocenters. The summed E-state index contributed by atoms with van der Waals surface area (Å²) in [6.45, 7) is 3.00. The summed E-state index contributed by atoms with van der Waals surface area (Å²) in [5.74, 6) is 0.291. The maximum absolute atomic E-state index is 13.5. The summed E-state index contributed by atoms with van der Waals surface area (Å²) >= 11 is 5.95. The highest BCUT2D eigenvalue weighted by Crippen LogP contribution is 2.19. The van der Waals surface area contributed by atoms with Crippen LogP contribution in [0.2, 0.25) is 5.02 Å². The molecule has 0 aliphatic carbocycles. The molecule has 17 heavy (non-hydrogen) atoms. The molecule has 1 aliphatic rings. The highest BCUT2D eigenvalue weighted by molar-refractivity contribution is 6.31. The zero-order chi connectivity index (χ0) is 12.1. The number of benzene rings is 1. The molecule has 0 bridgehead atoms. The van der Waals surface area contributed by atoms with Gasteiger partial charge in [-0.1, -0.05) is 17.7 Å². The molecule has 2 rings (SSSR count). The monoisotopic (exact) mass is 257 g/mol. The molecule has 4 heteroatoms.